The molecule has 1 amide bonds. The smallest absolute Gasteiger partial charge is 0.404 e. The first-order chi connectivity index (χ1) is 5.35. The van der Waals surface area contributed by atoms with E-state index >= 15 is 0 Å². The number of rotatable bonds is 4. The summed E-state index contributed by atoms with van der Waals surface area (Å²) < 4.78 is 12.9. The fraction of sp³-hybridized carbons (Fsp3) is 0.857. The van der Waals surface area contributed by atoms with E-state index in [-0.39, 0.29) is 13.0 Å². The summed E-state index contributed by atoms with van der Waals surface area (Å²) in [6.07, 6.45) is -1.28. The van der Waals surface area contributed by atoms with Crippen molar-refractivity contribution in [2.75, 3.05) is 6.61 Å². The Morgan fingerprint density at radius 2 is 2.17 bits per heavy atom. The van der Waals surface area contributed by atoms with Crippen molar-refractivity contribution in [2.45, 2.75) is 32.0 Å². The van der Waals surface area contributed by atoms with Gasteiger partial charge in [0, 0.05) is 6.42 Å². The molecular weight excluding hydrogens is 165 g/mol. The largest absolute Gasteiger partial charge is 0.465 e. The predicted octanol–water partition coefficient (Wildman–Crippen LogP) is 0.753. The summed E-state index contributed by atoms with van der Waals surface area (Å²) in [7, 11) is 0. The molecular formula is C7H14FNO3. The first kappa shape index (κ1) is 11.2. The van der Waals surface area contributed by atoms with Gasteiger partial charge in [-0.1, -0.05) is 0 Å². The van der Waals surface area contributed by atoms with Crippen molar-refractivity contribution in [3.8, 4) is 0 Å². The molecule has 0 saturated heterocycles. The van der Waals surface area contributed by atoms with E-state index in [9.17, 15) is 9.18 Å². The van der Waals surface area contributed by atoms with Crippen LogP contribution in [0.5, 0.6) is 0 Å². The van der Waals surface area contributed by atoms with Gasteiger partial charge < -0.3 is 15.5 Å². The van der Waals surface area contributed by atoms with Gasteiger partial charge in [0.1, 0.15) is 5.67 Å². The highest BCUT2D eigenvalue weighted by atomic mass is 19.1. The van der Waals surface area contributed by atoms with Gasteiger partial charge in [-0.25, -0.2) is 9.18 Å². The first-order valence-corrected chi connectivity index (χ1v) is 3.64. The molecule has 0 fully saturated rings. The summed E-state index contributed by atoms with van der Waals surface area (Å²) in [4.78, 5) is 10.1. The van der Waals surface area contributed by atoms with Crippen molar-refractivity contribution < 1.29 is 19.4 Å². The van der Waals surface area contributed by atoms with Crippen LogP contribution in [0.15, 0.2) is 0 Å². The summed E-state index contributed by atoms with van der Waals surface area (Å²) in [5.74, 6) is 0. The molecule has 72 valence electrons. The summed E-state index contributed by atoms with van der Waals surface area (Å²) in [6, 6.07) is -0.734. The third-order valence-corrected chi connectivity index (χ3v) is 1.28. The number of alkyl halides is 1. The van der Waals surface area contributed by atoms with Crippen LogP contribution in [-0.2, 0) is 0 Å². The van der Waals surface area contributed by atoms with Crippen LogP contribution in [0, 0.1) is 0 Å². The lowest BCUT2D eigenvalue weighted by molar-refractivity contribution is 0.135. The standard InChI is InChI=1S/C7H14FNO3/c1-7(2,8)3-5(4-10)9-6(11)12/h5,9-10H,3-4H2,1-2H3,(H,11,12)/t5-/m0/s1. The Kier molecular flexibility index (Phi) is 3.95. The maximum absolute atomic E-state index is 12.9. The second-order valence-corrected chi connectivity index (χ2v) is 3.25. The van der Waals surface area contributed by atoms with E-state index < -0.39 is 17.8 Å². The van der Waals surface area contributed by atoms with Crippen LogP contribution in [0.3, 0.4) is 0 Å². The lowest BCUT2D eigenvalue weighted by atomic mass is 10.0. The van der Waals surface area contributed by atoms with Gasteiger partial charge in [-0.2, -0.15) is 0 Å². The second-order valence-electron chi connectivity index (χ2n) is 3.25. The van der Waals surface area contributed by atoms with E-state index in [1.807, 2.05) is 5.32 Å². The highest BCUT2D eigenvalue weighted by Crippen LogP contribution is 2.15. The van der Waals surface area contributed by atoms with Crippen LogP contribution in [0.4, 0.5) is 9.18 Å². The van der Waals surface area contributed by atoms with E-state index in [1.165, 1.54) is 13.8 Å². The van der Waals surface area contributed by atoms with Crippen LogP contribution in [0.1, 0.15) is 20.3 Å². The summed E-state index contributed by atoms with van der Waals surface area (Å²) in [5.41, 5.74) is -1.48. The van der Waals surface area contributed by atoms with Crippen LogP contribution >= 0.6 is 0 Å². The Hall–Kier alpha value is -0.840. The average molecular weight is 179 g/mol. The zero-order chi connectivity index (χ0) is 9.78. The molecule has 5 heteroatoms. The number of aliphatic hydroxyl groups is 1. The molecule has 0 aliphatic heterocycles. The molecule has 0 saturated carbocycles. The van der Waals surface area contributed by atoms with E-state index in [2.05, 4.69) is 0 Å². The fourth-order valence-corrected chi connectivity index (χ4v) is 0.922. The van der Waals surface area contributed by atoms with E-state index in [0.717, 1.165) is 0 Å². The van der Waals surface area contributed by atoms with Crippen molar-refractivity contribution in [3.63, 3.8) is 0 Å². The molecule has 0 aromatic heterocycles. The van der Waals surface area contributed by atoms with Gasteiger partial charge in [-0.15, -0.1) is 0 Å². The number of amides is 1. The van der Waals surface area contributed by atoms with Crippen LogP contribution in [0.2, 0.25) is 0 Å². The minimum Gasteiger partial charge on any atom is -0.465 e. The number of carbonyl (C=O) groups is 1. The maximum Gasteiger partial charge on any atom is 0.404 e. The van der Waals surface area contributed by atoms with Crippen molar-refractivity contribution in [1.82, 2.24) is 5.32 Å². The molecule has 0 aliphatic carbocycles. The lowest BCUT2D eigenvalue weighted by Crippen LogP contribution is -2.40. The van der Waals surface area contributed by atoms with Crippen molar-refractivity contribution in [3.05, 3.63) is 0 Å². The molecule has 0 aliphatic rings. The van der Waals surface area contributed by atoms with Crippen molar-refractivity contribution in [1.29, 1.82) is 0 Å². The maximum atomic E-state index is 12.9. The highest BCUT2D eigenvalue weighted by molar-refractivity contribution is 5.64. The highest BCUT2D eigenvalue weighted by Gasteiger charge is 2.22. The molecule has 0 aromatic carbocycles. The minimum absolute atomic E-state index is 0.0319. The molecule has 0 heterocycles. The van der Waals surface area contributed by atoms with E-state index in [4.69, 9.17) is 10.2 Å². The number of carboxylic acid groups (broad SMARTS) is 1. The Bertz CT molecular complexity index is 155. The Labute approximate surface area is 70.4 Å². The van der Waals surface area contributed by atoms with Gasteiger partial charge in [0.15, 0.2) is 0 Å². The molecule has 3 N–H and O–H groups in total. The molecule has 0 unspecified atom stereocenters. The van der Waals surface area contributed by atoms with Gasteiger partial charge in [-0.3, -0.25) is 0 Å². The number of halogens is 1. The Morgan fingerprint density at radius 1 is 1.67 bits per heavy atom. The lowest BCUT2D eigenvalue weighted by Gasteiger charge is -2.20. The van der Waals surface area contributed by atoms with E-state index in [1.54, 1.807) is 0 Å². The Morgan fingerprint density at radius 3 is 2.42 bits per heavy atom. The Balaban J connectivity index is 3.92. The van der Waals surface area contributed by atoms with Crippen LogP contribution in [-0.4, -0.2) is 34.6 Å². The third-order valence-electron chi connectivity index (χ3n) is 1.28. The van der Waals surface area contributed by atoms with E-state index in [0.29, 0.717) is 0 Å². The quantitative estimate of drug-likeness (QED) is 0.596. The van der Waals surface area contributed by atoms with Gasteiger partial charge in [0.05, 0.1) is 12.6 Å². The third kappa shape index (κ3) is 5.91. The van der Waals surface area contributed by atoms with Crippen LogP contribution < -0.4 is 5.32 Å². The van der Waals surface area contributed by atoms with Gasteiger partial charge in [-0.05, 0) is 13.8 Å². The number of aliphatic hydroxyl groups excluding tert-OH is 1. The molecule has 1 atom stereocenters. The van der Waals surface area contributed by atoms with Gasteiger partial charge in [0.2, 0.25) is 0 Å². The number of hydrogen-bond acceptors (Lipinski definition) is 2. The SMILES string of the molecule is CC(C)(F)C[C@@H](CO)NC(=O)O. The predicted molar refractivity (Wildman–Crippen MR) is 41.8 cm³/mol. The van der Waals surface area contributed by atoms with Gasteiger partial charge >= 0.3 is 6.09 Å². The zero-order valence-electron chi connectivity index (χ0n) is 7.17. The summed E-state index contributed by atoms with van der Waals surface area (Å²) >= 11 is 0. The topological polar surface area (TPSA) is 69.6 Å². The van der Waals surface area contributed by atoms with Crippen molar-refractivity contribution >= 4 is 6.09 Å². The monoisotopic (exact) mass is 179 g/mol. The molecule has 0 bridgehead atoms. The fourth-order valence-electron chi connectivity index (χ4n) is 0.922. The summed E-state index contributed by atoms with van der Waals surface area (Å²) in [5, 5.41) is 18.9. The zero-order valence-corrected chi connectivity index (χ0v) is 7.17. The second kappa shape index (κ2) is 4.25. The molecule has 0 spiro atoms. The minimum atomic E-state index is -1.48. The van der Waals surface area contributed by atoms with Crippen LogP contribution in [0.25, 0.3) is 0 Å². The molecule has 0 rings (SSSR count). The normalized spacial score (nSPS) is 14.0. The molecule has 0 radical (unpaired) electrons. The average Bonchev–Trinajstić information content (AvgIpc) is 1.82. The van der Waals surface area contributed by atoms with Gasteiger partial charge in [0.25, 0.3) is 0 Å². The molecule has 12 heavy (non-hydrogen) atoms. The molecule has 0 aromatic rings. The summed E-state index contributed by atoms with van der Waals surface area (Å²) in [6.45, 7) is 2.28. The molecule has 4 nitrogen and oxygen atoms in total. The first-order valence-electron chi connectivity index (χ1n) is 3.64. The number of hydrogen-bond donors (Lipinski definition) is 3. The van der Waals surface area contributed by atoms with Crippen molar-refractivity contribution in [2.24, 2.45) is 0 Å². The number of nitrogens with one attached hydrogen (secondary N) is 1.